The molecule has 0 bridgehead atoms. The summed E-state index contributed by atoms with van der Waals surface area (Å²) < 4.78 is 9.54. The number of esters is 1. The van der Waals surface area contributed by atoms with Crippen LogP contribution in [0, 0.1) is 0 Å². The normalized spacial score (nSPS) is 11.1. The zero-order valence-corrected chi connectivity index (χ0v) is 13.7. The molecule has 2 amide bonds. The van der Waals surface area contributed by atoms with Crippen molar-refractivity contribution in [3.8, 4) is 0 Å². The van der Waals surface area contributed by atoms with Crippen molar-refractivity contribution < 1.29 is 33.8 Å². The van der Waals surface area contributed by atoms with Crippen LogP contribution in [0.5, 0.6) is 0 Å². The number of hydrogen-bond donors (Lipinski definition) is 3. The number of hydrogen-bond acceptors (Lipinski definition) is 6. The largest absolute Gasteiger partial charge is 0.480 e. The molecule has 3 N–H and O–H groups in total. The van der Waals surface area contributed by atoms with Gasteiger partial charge in [-0.25, -0.2) is 9.59 Å². The van der Waals surface area contributed by atoms with Crippen molar-refractivity contribution >= 4 is 23.9 Å². The van der Waals surface area contributed by atoms with E-state index in [9.17, 15) is 19.2 Å². The number of amides is 2. The van der Waals surface area contributed by atoms with E-state index in [4.69, 9.17) is 9.84 Å². The van der Waals surface area contributed by atoms with Crippen LogP contribution in [0.2, 0.25) is 0 Å². The molecule has 0 spiro atoms. The van der Waals surface area contributed by atoms with E-state index in [0.717, 1.165) is 5.56 Å². The van der Waals surface area contributed by atoms with Gasteiger partial charge in [0.15, 0.2) is 0 Å². The highest BCUT2D eigenvalue weighted by Gasteiger charge is 2.24. The zero-order valence-electron chi connectivity index (χ0n) is 13.7. The molecule has 0 saturated carbocycles. The van der Waals surface area contributed by atoms with Crippen LogP contribution in [-0.4, -0.2) is 48.2 Å². The van der Waals surface area contributed by atoms with E-state index >= 15 is 0 Å². The van der Waals surface area contributed by atoms with Gasteiger partial charge in [0.05, 0.1) is 13.0 Å². The lowest BCUT2D eigenvalue weighted by Gasteiger charge is -2.14. The number of alkyl carbamates (subject to hydrolysis) is 1. The first kappa shape index (κ1) is 19.9. The molecular weight excluding hydrogens is 332 g/mol. The second-order valence-electron chi connectivity index (χ2n) is 4.88. The number of aliphatic carboxylic acids is 1. The minimum absolute atomic E-state index is 0.0366. The Morgan fingerprint density at radius 1 is 1.12 bits per heavy atom. The maximum atomic E-state index is 11.7. The summed E-state index contributed by atoms with van der Waals surface area (Å²) in [5, 5.41) is 13.3. The van der Waals surface area contributed by atoms with Crippen LogP contribution in [0.25, 0.3) is 0 Å². The molecule has 9 nitrogen and oxygen atoms in total. The third kappa shape index (κ3) is 8.35. The highest BCUT2D eigenvalue weighted by molar-refractivity contribution is 5.89. The van der Waals surface area contributed by atoms with Gasteiger partial charge >= 0.3 is 18.0 Å². The van der Waals surface area contributed by atoms with E-state index in [1.165, 1.54) is 0 Å². The lowest BCUT2D eigenvalue weighted by atomic mass is 10.2. The highest BCUT2D eigenvalue weighted by Crippen LogP contribution is 2.00. The predicted molar refractivity (Wildman–Crippen MR) is 85.4 cm³/mol. The third-order valence-corrected chi connectivity index (χ3v) is 2.92. The molecule has 25 heavy (non-hydrogen) atoms. The molecule has 0 aliphatic heterocycles. The van der Waals surface area contributed by atoms with Gasteiger partial charge in [-0.3, -0.25) is 9.59 Å². The second kappa shape index (κ2) is 10.6. The topological polar surface area (TPSA) is 131 Å². The maximum Gasteiger partial charge on any atom is 0.407 e. The van der Waals surface area contributed by atoms with Crippen molar-refractivity contribution in [1.29, 1.82) is 0 Å². The standard InChI is InChI=1S/C16H20N2O7/c1-2-24-14(20)8-12(15(21)22)18-13(19)9-17-16(23)25-10-11-6-4-3-5-7-11/h3-7,12H,2,8-10H2,1H3,(H,17,23)(H,18,19)(H,21,22)/t12-/m0/s1. The molecular formula is C16H20N2O7. The van der Waals surface area contributed by atoms with E-state index in [1.54, 1.807) is 31.2 Å². The summed E-state index contributed by atoms with van der Waals surface area (Å²) in [6.45, 7) is 1.24. The molecule has 0 aliphatic rings. The lowest BCUT2D eigenvalue weighted by Crippen LogP contribution is -2.46. The first-order valence-electron chi connectivity index (χ1n) is 7.54. The van der Waals surface area contributed by atoms with Crippen molar-refractivity contribution in [2.24, 2.45) is 0 Å². The van der Waals surface area contributed by atoms with Gasteiger partial charge in [-0.1, -0.05) is 30.3 Å². The fourth-order valence-corrected chi connectivity index (χ4v) is 1.76. The van der Waals surface area contributed by atoms with Crippen LogP contribution in [-0.2, 0) is 30.5 Å². The minimum Gasteiger partial charge on any atom is -0.480 e. The van der Waals surface area contributed by atoms with Crippen LogP contribution >= 0.6 is 0 Å². The molecule has 0 saturated heterocycles. The summed E-state index contributed by atoms with van der Waals surface area (Å²) in [7, 11) is 0. The van der Waals surface area contributed by atoms with Gasteiger partial charge in [-0.2, -0.15) is 0 Å². The van der Waals surface area contributed by atoms with Gasteiger partial charge in [-0.05, 0) is 12.5 Å². The van der Waals surface area contributed by atoms with E-state index in [2.05, 4.69) is 15.4 Å². The minimum atomic E-state index is -1.44. The number of nitrogens with one attached hydrogen (secondary N) is 2. The number of ether oxygens (including phenoxy) is 2. The molecule has 9 heteroatoms. The van der Waals surface area contributed by atoms with Crippen LogP contribution in [0.15, 0.2) is 30.3 Å². The Hall–Kier alpha value is -3.10. The Morgan fingerprint density at radius 3 is 2.40 bits per heavy atom. The molecule has 0 aliphatic carbocycles. The Morgan fingerprint density at radius 2 is 1.80 bits per heavy atom. The molecule has 0 fully saturated rings. The van der Waals surface area contributed by atoms with Crippen LogP contribution in [0.3, 0.4) is 0 Å². The van der Waals surface area contributed by atoms with Crippen molar-refractivity contribution in [2.75, 3.05) is 13.2 Å². The van der Waals surface area contributed by atoms with Crippen LogP contribution < -0.4 is 10.6 Å². The summed E-state index contributed by atoms with van der Waals surface area (Å²) in [4.78, 5) is 45.5. The van der Waals surface area contributed by atoms with E-state index in [1.807, 2.05) is 6.07 Å². The van der Waals surface area contributed by atoms with E-state index in [-0.39, 0.29) is 13.2 Å². The van der Waals surface area contributed by atoms with Crippen molar-refractivity contribution in [3.05, 3.63) is 35.9 Å². The molecule has 0 heterocycles. The summed E-state index contributed by atoms with van der Waals surface area (Å²) in [6.07, 6.45) is -1.33. The fourth-order valence-electron chi connectivity index (χ4n) is 1.76. The average Bonchev–Trinajstić information content (AvgIpc) is 2.58. The van der Waals surface area contributed by atoms with Gasteiger partial charge in [0.1, 0.15) is 19.2 Å². The molecule has 0 aromatic heterocycles. The quantitative estimate of drug-likeness (QED) is 0.549. The van der Waals surface area contributed by atoms with Gasteiger partial charge < -0.3 is 25.2 Å². The lowest BCUT2D eigenvalue weighted by molar-refractivity contribution is -0.150. The number of rotatable bonds is 9. The Balaban J connectivity index is 2.34. The third-order valence-electron chi connectivity index (χ3n) is 2.92. The molecule has 136 valence electrons. The number of carboxylic acids is 1. The zero-order chi connectivity index (χ0) is 18.7. The molecule has 1 rings (SSSR count). The van der Waals surface area contributed by atoms with Gasteiger partial charge in [0.2, 0.25) is 5.91 Å². The average molecular weight is 352 g/mol. The number of benzene rings is 1. The Kier molecular flexibility index (Phi) is 8.48. The van der Waals surface area contributed by atoms with Crippen molar-refractivity contribution in [3.63, 3.8) is 0 Å². The molecule has 0 radical (unpaired) electrons. The van der Waals surface area contributed by atoms with Crippen LogP contribution in [0.4, 0.5) is 4.79 Å². The van der Waals surface area contributed by atoms with Gasteiger partial charge in [0.25, 0.3) is 0 Å². The number of carbonyl (C=O) groups excluding carboxylic acids is 3. The number of carbonyl (C=O) groups is 4. The van der Waals surface area contributed by atoms with Crippen molar-refractivity contribution in [2.45, 2.75) is 26.0 Å². The summed E-state index contributed by atoms with van der Waals surface area (Å²) in [6, 6.07) is 7.51. The second-order valence-corrected chi connectivity index (χ2v) is 4.88. The summed E-state index contributed by atoms with van der Waals surface area (Å²) in [5.74, 6) is -2.90. The van der Waals surface area contributed by atoms with E-state index in [0.29, 0.717) is 0 Å². The molecule has 1 aromatic rings. The first-order valence-corrected chi connectivity index (χ1v) is 7.54. The SMILES string of the molecule is CCOC(=O)C[C@H](NC(=O)CNC(=O)OCc1ccccc1)C(=O)O. The maximum absolute atomic E-state index is 11.7. The van der Waals surface area contributed by atoms with Crippen LogP contribution in [0.1, 0.15) is 18.9 Å². The molecule has 0 unspecified atom stereocenters. The summed E-state index contributed by atoms with van der Waals surface area (Å²) in [5.41, 5.74) is 0.780. The summed E-state index contributed by atoms with van der Waals surface area (Å²) >= 11 is 0. The highest BCUT2D eigenvalue weighted by atomic mass is 16.5. The smallest absolute Gasteiger partial charge is 0.407 e. The molecule has 1 atom stereocenters. The molecule has 1 aromatic carbocycles. The Bertz CT molecular complexity index is 604. The van der Waals surface area contributed by atoms with Gasteiger partial charge in [0, 0.05) is 0 Å². The first-order chi connectivity index (χ1) is 11.9. The monoisotopic (exact) mass is 352 g/mol. The van der Waals surface area contributed by atoms with E-state index < -0.39 is 42.9 Å². The fraction of sp³-hybridized carbons (Fsp3) is 0.375. The van der Waals surface area contributed by atoms with Gasteiger partial charge in [-0.15, -0.1) is 0 Å². The predicted octanol–water partition coefficient (Wildman–Crippen LogP) is 0.435. The number of carboxylic acid groups (broad SMARTS) is 1. The van der Waals surface area contributed by atoms with Crippen molar-refractivity contribution in [1.82, 2.24) is 10.6 Å². The Labute approximate surface area is 144 Å².